The molecule has 1 aliphatic rings. The molecule has 0 saturated carbocycles. The number of anilines is 2. The number of amides is 1. The summed E-state index contributed by atoms with van der Waals surface area (Å²) in [6.07, 6.45) is 8.00. The number of nitrogens with one attached hydrogen (secondary N) is 1. The molecular weight excluding hydrogens is 264 g/mol. The van der Waals surface area contributed by atoms with Crippen LogP contribution in [0.3, 0.4) is 0 Å². The highest BCUT2D eigenvalue weighted by Crippen LogP contribution is 2.26. The molecule has 0 spiro atoms. The first kappa shape index (κ1) is 15.8. The average molecular weight is 290 g/mol. The molecule has 1 unspecified atom stereocenters. The van der Waals surface area contributed by atoms with E-state index in [0.29, 0.717) is 31.2 Å². The van der Waals surface area contributed by atoms with Gasteiger partial charge in [-0.15, -0.1) is 0 Å². The van der Waals surface area contributed by atoms with Crippen LogP contribution in [0.2, 0.25) is 0 Å². The Bertz CT molecular complexity index is 446. The minimum atomic E-state index is -0.0230. The molecule has 2 heterocycles. The molecule has 0 radical (unpaired) electrons. The number of pyridine rings is 1. The van der Waals surface area contributed by atoms with Crippen molar-refractivity contribution in [2.45, 2.75) is 51.5 Å². The maximum Gasteiger partial charge on any atom is 0.225 e. The highest BCUT2D eigenvalue weighted by atomic mass is 16.1. The van der Waals surface area contributed by atoms with Crippen LogP contribution < -0.4 is 16.0 Å². The Morgan fingerprint density at radius 3 is 3.00 bits per heavy atom. The molecule has 2 rings (SSSR count). The van der Waals surface area contributed by atoms with E-state index in [1.54, 1.807) is 0 Å². The monoisotopic (exact) mass is 290 g/mol. The highest BCUT2D eigenvalue weighted by Gasteiger charge is 2.21. The van der Waals surface area contributed by atoms with Crippen LogP contribution in [-0.2, 0) is 4.79 Å². The molecular formula is C16H26N4O. The number of hydrogen-bond acceptors (Lipinski definition) is 4. The molecule has 0 aromatic carbocycles. The first-order chi connectivity index (χ1) is 10.2. The van der Waals surface area contributed by atoms with Gasteiger partial charge in [-0.1, -0.05) is 6.92 Å². The number of nitrogens with zero attached hydrogens (tertiary/aromatic N) is 2. The molecule has 1 aliphatic heterocycles. The van der Waals surface area contributed by atoms with Gasteiger partial charge in [0.25, 0.3) is 0 Å². The quantitative estimate of drug-likeness (QED) is 0.844. The fraction of sp³-hybridized carbons (Fsp3) is 0.625. The summed E-state index contributed by atoms with van der Waals surface area (Å²) in [5.74, 6) is 0.593. The zero-order valence-corrected chi connectivity index (χ0v) is 12.8. The Morgan fingerprint density at radius 2 is 2.33 bits per heavy atom. The van der Waals surface area contributed by atoms with E-state index in [1.807, 2.05) is 12.3 Å². The number of carbonyl (C=O) groups excluding carboxylic acids is 1. The van der Waals surface area contributed by atoms with E-state index >= 15 is 0 Å². The lowest BCUT2D eigenvalue weighted by Gasteiger charge is -2.37. The van der Waals surface area contributed by atoms with Crippen LogP contribution in [-0.4, -0.2) is 30.0 Å². The number of rotatable bonds is 6. The van der Waals surface area contributed by atoms with Crippen molar-refractivity contribution < 1.29 is 4.79 Å². The van der Waals surface area contributed by atoms with Crippen molar-refractivity contribution in [3.63, 3.8) is 0 Å². The summed E-state index contributed by atoms with van der Waals surface area (Å²) in [5.41, 5.74) is 6.55. The third-order valence-electron chi connectivity index (χ3n) is 4.05. The van der Waals surface area contributed by atoms with Gasteiger partial charge in [0.2, 0.25) is 5.91 Å². The second-order valence-electron chi connectivity index (χ2n) is 5.59. The minimum Gasteiger partial charge on any atom is -0.367 e. The molecule has 1 amide bonds. The molecule has 1 fully saturated rings. The molecule has 1 saturated heterocycles. The van der Waals surface area contributed by atoms with Crippen molar-refractivity contribution in [3.05, 3.63) is 18.3 Å². The smallest absolute Gasteiger partial charge is 0.225 e. The minimum absolute atomic E-state index is 0.0230. The van der Waals surface area contributed by atoms with E-state index in [1.165, 1.54) is 19.3 Å². The highest BCUT2D eigenvalue weighted by molar-refractivity contribution is 5.89. The first-order valence-electron chi connectivity index (χ1n) is 7.97. The molecule has 0 aliphatic carbocycles. The molecule has 5 heteroatoms. The third-order valence-corrected chi connectivity index (χ3v) is 4.05. The van der Waals surface area contributed by atoms with Crippen molar-refractivity contribution in [2.24, 2.45) is 5.73 Å². The molecule has 0 bridgehead atoms. The average Bonchev–Trinajstić information content (AvgIpc) is 2.53. The Kier molecular flexibility index (Phi) is 5.99. The lowest BCUT2D eigenvalue weighted by Crippen LogP contribution is -2.39. The lowest BCUT2D eigenvalue weighted by atomic mass is 9.99. The zero-order valence-electron chi connectivity index (χ0n) is 12.8. The predicted octanol–water partition coefficient (Wildman–Crippen LogP) is 2.53. The number of nitrogens with two attached hydrogens (primary N) is 1. The Hall–Kier alpha value is -1.62. The molecule has 116 valence electrons. The van der Waals surface area contributed by atoms with Gasteiger partial charge in [-0.3, -0.25) is 4.79 Å². The van der Waals surface area contributed by atoms with Crippen molar-refractivity contribution in [1.82, 2.24) is 4.98 Å². The zero-order chi connectivity index (χ0) is 15.1. The third kappa shape index (κ3) is 4.43. The fourth-order valence-electron chi connectivity index (χ4n) is 2.86. The van der Waals surface area contributed by atoms with Crippen LogP contribution in [0.25, 0.3) is 0 Å². The van der Waals surface area contributed by atoms with Crippen molar-refractivity contribution in [1.29, 1.82) is 0 Å². The van der Waals surface area contributed by atoms with Gasteiger partial charge in [-0.05, 0) is 50.8 Å². The van der Waals surface area contributed by atoms with E-state index in [2.05, 4.69) is 28.2 Å². The van der Waals surface area contributed by atoms with Crippen molar-refractivity contribution in [2.75, 3.05) is 23.3 Å². The Morgan fingerprint density at radius 1 is 1.48 bits per heavy atom. The van der Waals surface area contributed by atoms with E-state index in [4.69, 9.17) is 5.73 Å². The largest absolute Gasteiger partial charge is 0.367 e. The summed E-state index contributed by atoms with van der Waals surface area (Å²) in [6, 6.07) is 4.56. The van der Waals surface area contributed by atoms with E-state index in [9.17, 15) is 4.79 Å². The molecule has 5 nitrogen and oxygen atoms in total. The summed E-state index contributed by atoms with van der Waals surface area (Å²) < 4.78 is 0. The number of hydrogen-bond donors (Lipinski definition) is 2. The second-order valence-corrected chi connectivity index (χ2v) is 5.59. The van der Waals surface area contributed by atoms with Gasteiger partial charge >= 0.3 is 0 Å². The SMILES string of the molecule is CCC1CCCCN1c1ccc(NC(=O)CCCN)nc1. The molecule has 1 atom stereocenters. The summed E-state index contributed by atoms with van der Waals surface area (Å²) in [6.45, 7) is 3.87. The lowest BCUT2D eigenvalue weighted by molar-refractivity contribution is -0.116. The summed E-state index contributed by atoms with van der Waals surface area (Å²) in [7, 11) is 0. The number of piperidine rings is 1. The normalized spacial score (nSPS) is 18.6. The van der Waals surface area contributed by atoms with Gasteiger partial charge < -0.3 is 16.0 Å². The summed E-state index contributed by atoms with van der Waals surface area (Å²) >= 11 is 0. The Labute approximate surface area is 126 Å². The van der Waals surface area contributed by atoms with Crippen LogP contribution in [0.1, 0.15) is 45.4 Å². The van der Waals surface area contributed by atoms with Crippen LogP contribution in [0.4, 0.5) is 11.5 Å². The van der Waals surface area contributed by atoms with Crippen LogP contribution in [0.15, 0.2) is 18.3 Å². The van der Waals surface area contributed by atoms with Crippen molar-refractivity contribution in [3.8, 4) is 0 Å². The maximum atomic E-state index is 11.6. The van der Waals surface area contributed by atoms with E-state index in [-0.39, 0.29) is 5.91 Å². The summed E-state index contributed by atoms with van der Waals surface area (Å²) in [4.78, 5) is 18.4. The van der Waals surface area contributed by atoms with Gasteiger partial charge in [-0.25, -0.2) is 4.98 Å². The first-order valence-corrected chi connectivity index (χ1v) is 7.97. The van der Waals surface area contributed by atoms with Gasteiger partial charge in [-0.2, -0.15) is 0 Å². The van der Waals surface area contributed by atoms with Gasteiger partial charge in [0.15, 0.2) is 0 Å². The van der Waals surface area contributed by atoms with Crippen molar-refractivity contribution >= 4 is 17.4 Å². The number of aromatic nitrogens is 1. The molecule has 3 N–H and O–H groups in total. The van der Waals surface area contributed by atoms with Gasteiger partial charge in [0.1, 0.15) is 5.82 Å². The standard InChI is InChI=1S/C16H26N4O/c1-2-13-6-3-4-11-20(13)14-8-9-15(18-12-14)19-16(21)7-5-10-17/h8-9,12-13H,2-7,10-11,17H2,1H3,(H,18,19,21). The molecule has 1 aromatic heterocycles. The molecule has 21 heavy (non-hydrogen) atoms. The van der Waals surface area contributed by atoms with Crippen LogP contribution in [0, 0.1) is 0 Å². The maximum absolute atomic E-state index is 11.6. The summed E-state index contributed by atoms with van der Waals surface area (Å²) in [5, 5.41) is 2.81. The molecule has 1 aromatic rings. The fourth-order valence-corrected chi connectivity index (χ4v) is 2.86. The second kappa shape index (κ2) is 7.98. The van der Waals surface area contributed by atoms with Crippen LogP contribution in [0.5, 0.6) is 0 Å². The predicted molar refractivity (Wildman–Crippen MR) is 86.4 cm³/mol. The van der Waals surface area contributed by atoms with Gasteiger partial charge in [0, 0.05) is 19.0 Å². The topological polar surface area (TPSA) is 71.2 Å². The number of carbonyl (C=O) groups is 1. The van der Waals surface area contributed by atoms with E-state index in [0.717, 1.165) is 18.7 Å². The Balaban J connectivity index is 1.96. The van der Waals surface area contributed by atoms with Gasteiger partial charge in [0.05, 0.1) is 11.9 Å². The van der Waals surface area contributed by atoms with Crippen LogP contribution >= 0.6 is 0 Å². The van der Waals surface area contributed by atoms with E-state index < -0.39 is 0 Å².